The Balaban J connectivity index is 1.46. The van der Waals surface area contributed by atoms with Crippen molar-refractivity contribution in [1.29, 1.82) is 0 Å². The highest BCUT2D eigenvalue weighted by Gasteiger charge is 2.16. The number of hydrogen-bond donors (Lipinski definition) is 1. The van der Waals surface area contributed by atoms with Crippen molar-refractivity contribution in [2.75, 3.05) is 18.4 Å². The van der Waals surface area contributed by atoms with Crippen LogP contribution in [0.2, 0.25) is 0 Å². The third-order valence-electron chi connectivity index (χ3n) is 5.53. The van der Waals surface area contributed by atoms with Crippen LogP contribution < -0.4 is 5.32 Å². The maximum atomic E-state index is 12.9. The summed E-state index contributed by atoms with van der Waals surface area (Å²) < 4.78 is 0. The highest BCUT2D eigenvalue weighted by molar-refractivity contribution is 6.15. The third kappa shape index (κ3) is 4.84. The molecule has 1 aliphatic heterocycles. The van der Waals surface area contributed by atoms with Gasteiger partial charge in [-0.1, -0.05) is 61.0 Å². The molecule has 0 aliphatic carbocycles. The van der Waals surface area contributed by atoms with Crippen LogP contribution in [-0.4, -0.2) is 29.7 Å². The second kappa shape index (κ2) is 9.51. The van der Waals surface area contributed by atoms with Crippen LogP contribution in [0.25, 0.3) is 0 Å². The largest absolute Gasteiger partial charge is 0.321 e. The molecule has 0 saturated carbocycles. The molecule has 0 atom stereocenters. The zero-order valence-corrected chi connectivity index (χ0v) is 17.0. The van der Waals surface area contributed by atoms with Gasteiger partial charge in [-0.15, -0.1) is 0 Å². The van der Waals surface area contributed by atoms with Crippen molar-refractivity contribution >= 4 is 17.4 Å². The summed E-state index contributed by atoms with van der Waals surface area (Å²) in [5.41, 5.74) is 3.40. The molecule has 3 aromatic carbocycles. The number of hydrogen-bond acceptors (Lipinski definition) is 3. The number of amides is 1. The van der Waals surface area contributed by atoms with E-state index >= 15 is 0 Å². The van der Waals surface area contributed by atoms with Crippen molar-refractivity contribution in [3.8, 4) is 0 Å². The molecular formula is C26H26N2O2. The summed E-state index contributed by atoms with van der Waals surface area (Å²) in [6, 6.07) is 24.0. The van der Waals surface area contributed by atoms with E-state index in [0.29, 0.717) is 22.4 Å². The molecule has 1 saturated heterocycles. The second-order valence-corrected chi connectivity index (χ2v) is 7.73. The first-order valence-corrected chi connectivity index (χ1v) is 10.5. The van der Waals surface area contributed by atoms with Gasteiger partial charge < -0.3 is 5.32 Å². The van der Waals surface area contributed by atoms with Crippen molar-refractivity contribution in [2.45, 2.75) is 25.8 Å². The van der Waals surface area contributed by atoms with Crippen molar-refractivity contribution < 1.29 is 9.59 Å². The highest BCUT2D eigenvalue weighted by Crippen LogP contribution is 2.21. The Morgan fingerprint density at radius 2 is 1.40 bits per heavy atom. The molecule has 0 aromatic heterocycles. The molecule has 1 heterocycles. The molecule has 4 nitrogen and oxygen atoms in total. The first-order valence-electron chi connectivity index (χ1n) is 10.5. The van der Waals surface area contributed by atoms with Gasteiger partial charge in [0.25, 0.3) is 5.91 Å². The normalized spacial score (nSPS) is 14.3. The van der Waals surface area contributed by atoms with E-state index in [9.17, 15) is 9.59 Å². The molecule has 1 N–H and O–H groups in total. The Labute approximate surface area is 177 Å². The smallest absolute Gasteiger partial charge is 0.255 e. The molecule has 3 aromatic rings. The standard InChI is InChI=1S/C26H26N2O2/c29-25(21-9-3-1-4-10-21)23-11-5-6-12-24(23)27-26(30)22-15-13-20(14-16-22)19-28-17-7-2-8-18-28/h1,3-6,9-16H,2,7-8,17-19H2,(H,27,30). The number of ketones is 1. The molecule has 30 heavy (non-hydrogen) atoms. The van der Waals surface area contributed by atoms with Gasteiger partial charge in [-0.05, 0) is 55.8 Å². The van der Waals surface area contributed by atoms with E-state index in [4.69, 9.17) is 0 Å². The van der Waals surface area contributed by atoms with Crippen molar-refractivity contribution in [1.82, 2.24) is 4.90 Å². The Morgan fingerprint density at radius 1 is 0.733 bits per heavy atom. The van der Waals surface area contributed by atoms with Crippen LogP contribution in [0, 0.1) is 0 Å². The van der Waals surface area contributed by atoms with Gasteiger partial charge in [0.1, 0.15) is 0 Å². The Hall–Kier alpha value is -3.24. The van der Waals surface area contributed by atoms with E-state index in [2.05, 4.69) is 10.2 Å². The minimum atomic E-state index is -0.215. The third-order valence-corrected chi connectivity index (χ3v) is 5.53. The van der Waals surface area contributed by atoms with Gasteiger partial charge in [0.15, 0.2) is 5.78 Å². The lowest BCUT2D eigenvalue weighted by molar-refractivity contribution is 0.102. The quantitative estimate of drug-likeness (QED) is 0.584. The fraction of sp³-hybridized carbons (Fsp3) is 0.231. The van der Waals surface area contributed by atoms with E-state index in [1.807, 2.05) is 48.5 Å². The molecule has 1 fully saturated rings. The van der Waals surface area contributed by atoms with Gasteiger partial charge in [-0.2, -0.15) is 0 Å². The number of nitrogens with zero attached hydrogens (tertiary/aromatic N) is 1. The summed E-state index contributed by atoms with van der Waals surface area (Å²) >= 11 is 0. The molecule has 0 unspecified atom stereocenters. The van der Waals surface area contributed by atoms with Gasteiger partial charge in [-0.25, -0.2) is 0 Å². The van der Waals surface area contributed by atoms with E-state index in [-0.39, 0.29) is 11.7 Å². The number of para-hydroxylation sites is 1. The van der Waals surface area contributed by atoms with Gasteiger partial charge in [-0.3, -0.25) is 14.5 Å². The summed E-state index contributed by atoms with van der Waals surface area (Å²) in [6.07, 6.45) is 3.85. The molecule has 1 amide bonds. The van der Waals surface area contributed by atoms with E-state index in [1.54, 1.807) is 30.3 Å². The van der Waals surface area contributed by atoms with Crippen LogP contribution in [0.3, 0.4) is 0 Å². The predicted octanol–water partition coefficient (Wildman–Crippen LogP) is 5.16. The first kappa shape index (κ1) is 20.0. The SMILES string of the molecule is O=C(Nc1ccccc1C(=O)c1ccccc1)c1ccc(CN2CCCCC2)cc1. The van der Waals surface area contributed by atoms with Gasteiger partial charge in [0.2, 0.25) is 0 Å². The predicted molar refractivity (Wildman–Crippen MR) is 120 cm³/mol. The Morgan fingerprint density at radius 3 is 2.13 bits per heavy atom. The molecule has 4 rings (SSSR count). The van der Waals surface area contributed by atoms with Crippen LogP contribution in [-0.2, 0) is 6.54 Å². The molecule has 0 bridgehead atoms. The van der Waals surface area contributed by atoms with E-state index < -0.39 is 0 Å². The number of likely N-dealkylation sites (tertiary alicyclic amines) is 1. The van der Waals surface area contributed by atoms with Gasteiger partial charge in [0, 0.05) is 23.2 Å². The molecular weight excluding hydrogens is 372 g/mol. The fourth-order valence-corrected chi connectivity index (χ4v) is 3.87. The minimum absolute atomic E-state index is 0.108. The van der Waals surface area contributed by atoms with Crippen molar-refractivity contribution in [2.24, 2.45) is 0 Å². The zero-order valence-electron chi connectivity index (χ0n) is 17.0. The summed E-state index contributed by atoms with van der Waals surface area (Å²) in [4.78, 5) is 28.1. The Bertz CT molecular complexity index is 1010. The maximum Gasteiger partial charge on any atom is 0.255 e. The summed E-state index contributed by atoms with van der Waals surface area (Å²) in [6.45, 7) is 3.22. The van der Waals surface area contributed by atoms with Crippen LogP contribution >= 0.6 is 0 Å². The Kier molecular flexibility index (Phi) is 6.35. The molecule has 0 radical (unpaired) electrons. The van der Waals surface area contributed by atoms with Crippen molar-refractivity contribution in [3.63, 3.8) is 0 Å². The average molecular weight is 399 g/mol. The maximum absolute atomic E-state index is 12.9. The number of anilines is 1. The highest BCUT2D eigenvalue weighted by atomic mass is 16.1. The average Bonchev–Trinajstić information content (AvgIpc) is 2.81. The molecule has 0 spiro atoms. The zero-order chi connectivity index (χ0) is 20.8. The second-order valence-electron chi connectivity index (χ2n) is 7.73. The number of piperidine rings is 1. The number of carbonyl (C=O) groups excluding carboxylic acids is 2. The van der Waals surface area contributed by atoms with Crippen LogP contribution in [0.15, 0.2) is 78.9 Å². The van der Waals surface area contributed by atoms with Gasteiger partial charge in [0.05, 0.1) is 5.69 Å². The lowest BCUT2D eigenvalue weighted by Crippen LogP contribution is -2.29. The van der Waals surface area contributed by atoms with Crippen LogP contribution in [0.1, 0.15) is 51.1 Å². The fourth-order valence-electron chi connectivity index (χ4n) is 3.87. The van der Waals surface area contributed by atoms with E-state index in [0.717, 1.165) is 19.6 Å². The number of benzene rings is 3. The van der Waals surface area contributed by atoms with Crippen molar-refractivity contribution in [3.05, 3.63) is 101 Å². The lowest BCUT2D eigenvalue weighted by atomic mass is 10.0. The van der Waals surface area contributed by atoms with Crippen LogP contribution in [0.5, 0.6) is 0 Å². The summed E-state index contributed by atoms with van der Waals surface area (Å²) in [5.74, 6) is -0.323. The number of nitrogens with one attached hydrogen (secondary N) is 1. The summed E-state index contributed by atoms with van der Waals surface area (Å²) in [7, 11) is 0. The first-order chi connectivity index (χ1) is 14.7. The van der Waals surface area contributed by atoms with Crippen LogP contribution in [0.4, 0.5) is 5.69 Å². The number of rotatable bonds is 6. The van der Waals surface area contributed by atoms with Gasteiger partial charge >= 0.3 is 0 Å². The molecule has 1 aliphatic rings. The summed E-state index contributed by atoms with van der Waals surface area (Å²) in [5, 5.41) is 2.91. The minimum Gasteiger partial charge on any atom is -0.321 e. The molecule has 152 valence electrons. The van der Waals surface area contributed by atoms with E-state index in [1.165, 1.54) is 24.8 Å². The molecule has 4 heteroatoms. The number of carbonyl (C=O) groups is 2. The lowest BCUT2D eigenvalue weighted by Gasteiger charge is -2.26. The topological polar surface area (TPSA) is 49.4 Å². The monoisotopic (exact) mass is 398 g/mol.